The number of hydrogen-bond acceptors (Lipinski definition) is 6. The van der Waals surface area contributed by atoms with Crippen molar-refractivity contribution in [2.45, 2.75) is 0 Å². The van der Waals surface area contributed by atoms with Gasteiger partial charge in [0.05, 0.1) is 32.9 Å². The van der Waals surface area contributed by atoms with Crippen LogP contribution in [-0.2, 0) is 23.6 Å². The van der Waals surface area contributed by atoms with Gasteiger partial charge in [0.1, 0.15) is 11.4 Å². The molecule has 2 heterocycles. The Kier molecular flexibility index (Phi) is 6.10. The number of halogens is 1. The van der Waals surface area contributed by atoms with Crippen molar-refractivity contribution in [2.75, 3.05) is 14.2 Å². The van der Waals surface area contributed by atoms with E-state index in [1.807, 2.05) is 0 Å². The molecule has 0 aromatic carbocycles. The van der Waals surface area contributed by atoms with E-state index in [4.69, 9.17) is 0 Å². The molecule has 0 amide bonds. The van der Waals surface area contributed by atoms with Crippen molar-refractivity contribution in [1.82, 2.24) is 19.1 Å². The highest BCUT2D eigenvalue weighted by atomic mass is 79.9. The number of carbonyl (C=O) groups is 2. The minimum atomic E-state index is -0.384. The average molecular weight is 359 g/mol. The van der Waals surface area contributed by atoms with Gasteiger partial charge in [-0.25, -0.2) is 19.6 Å². The predicted octanol–water partition coefficient (Wildman–Crippen LogP) is 1.18. The molecule has 0 unspecified atom stereocenters. The molecule has 2 aromatic rings. The molecule has 9 heteroatoms. The fourth-order valence-corrected chi connectivity index (χ4v) is 1.63. The van der Waals surface area contributed by atoms with Crippen molar-refractivity contribution >= 4 is 27.9 Å². The molecular formula is C12H15BrN4O4. The van der Waals surface area contributed by atoms with E-state index in [0.29, 0.717) is 16.1 Å². The molecule has 0 aliphatic heterocycles. The topological polar surface area (TPSA) is 88.2 Å². The first kappa shape index (κ1) is 16.9. The minimum absolute atomic E-state index is 0.361. The molecule has 0 bridgehead atoms. The molecule has 2 rings (SSSR count). The summed E-state index contributed by atoms with van der Waals surface area (Å²) in [6.45, 7) is 0. The molecular weight excluding hydrogens is 344 g/mol. The summed E-state index contributed by atoms with van der Waals surface area (Å²) in [5, 5.41) is 0. The molecule has 0 aliphatic rings. The summed E-state index contributed by atoms with van der Waals surface area (Å²) in [7, 11) is 6.14. The van der Waals surface area contributed by atoms with Gasteiger partial charge in [-0.15, -0.1) is 0 Å². The monoisotopic (exact) mass is 358 g/mol. The molecule has 0 spiro atoms. The third kappa shape index (κ3) is 4.15. The van der Waals surface area contributed by atoms with Gasteiger partial charge >= 0.3 is 11.9 Å². The molecule has 114 valence electrons. The lowest BCUT2D eigenvalue weighted by atomic mass is 10.5. The summed E-state index contributed by atoms with van der Waals surface area (Å²) in [5.41, 5.74) is 0.891. The van der Waals surface area contributed by atoms with Gasteiger partial charge in [0.25, 0.3) is 0 Å². The maximum atomic E-state index is 10.9. The van der Waals surface area contributed by atoms with E-state index >= 15 is 0 Å². The lowest BCUT2D eigenvalue weighted by molar-refractivity contribution is 0.0581. The smallest absolute Gasteiger partial charge is 0.356 e. The van der Waals surface area contributed by atoms with Crippen molar-refractivity contribution in [3.05, 3.63) is 34.8 Å². The van der Waals surface area contributed by atoms with Gasteiger partial charge in [-0.1, -0.05) is 0 Å². The van der Waals surface area contributed by atoms with Crippen LogP contribution >= 0.6 is 15.9 Å². The van der Waals surface area contributed by atoms with Crippen LogP contribution in [0.15, 0.2) is 23.5 Å². The summed E-state index contributed by atoms with van der Waals surface area (Å²) in [6, 6.07) is 0. The molecule has 0 saturated carbocycles. The van der Waals surface area contributed by atoms with Gasteiger partial charge in [-0.05, 0) is 15.9 Å². The number of methoxy groups -OCH3 is 2. The number of hydrogen-bond donors (Lipinski definition) is 0. The second-order valence-electron chi connectivity index (χ2n) is 3.84. The average Bonchev–Trinajstić information content (AvgIpc) is 3.05. The molecule has 0 aliphatic carbocycles. The van der Waals surface area contributed by atoms with Crippen LogP contribution in [-0.4, -0.2) is 45.3 Å². The Morgan fingerprint density at radius 3 is 2.05 bits per heavy atom. The maximum absolute atomic E-state index is 10.9. The minimum Gasteiger partial charge on any atom is -0.464 e. The Morgan fingerprint density at radius 2 is 1.67 bits per heavy atom. The third-order valence-corrected chi connectivity index (χ3v) is 3.27. The summed E-state index contributed by atoms with van der Waals surface area (Å²) >= 11 is 3.16. The molecule has 0 fully saturated rings. The second kappa shape index (κ2) is 7.58. The summed E-state index contributed by atoms with van der Waals surface area (Å²) in [4.78, 5) is 29.4. The number of aryl methyl sites for hydroxylation is 1. The van der Waals surface area contributed by atoms with Crippen LogP contribution in [0.5, 0.6) is 0 Å². The van der Waals surface area contributed by atoms with Gasteiger partial charge in [0.2, 0.25) is 0 Å². The number of esters is 2. The standard InChI is InChI=1S/C6H7BrN2O2.C6H8N2O2/c1-9-4(5(10)11-2)3-8-6(9)7;1-8-4-7-3-5(8)6(9)10-2/h3H,1-2H3;3-4H,1-2H3. The summed E-state index contributed by atoms with van der Waals surface area (Å²) in [6.07, 6.45) is 4.47. The normalized spacial score (nSPS) is 9.57. The lowest BCUT2D eigenvalue weighted by Crippen LogP contribution is -2.07. The number of aromatic nitrogens is 4. The number of ether oxygens (including phenoxy) is 2. The molecule has 2 aromatic heterocycles. The second-order valence-corrected chi connectivity index (χ2v) is 4.55. The fourth-order valence-electron chi connectivity index (χ4n) is 1.34. The highest BCUT2D eigenvalue weighted by Crippen LogP contribution is 2.09. The number of imidazole rings is 2. The largest absolute Gasteiger partial charge is 0.464 e. The van der Waals surface area contributed by atoms with Crippen molar-refractivity contribution < 1.29 is 19.1 Å². The summed E-state index contributed by atoms with van der Waals surface area (Å²) in [5.74, 6) is -0.745. The van der Waals surface area contributed by atoms with Crippen molar-refractivity contribution in [3.8, 4) is 0 Å². The highest BCUT2D eigenvalue weighted by Gasteiger charge is 2.11. The van der Waals surface area contributed by atoms with E-state index in [0.717, 1.165) is 0 Å². The van der Waals surface area contributed by atoms with Crippen molar-refractivity contribution in [3.63, 3.8) is 0 Å². The van der Waals surface area contributed by atoms with Crippen molar-refractivity contribution in [1.29, 1.82) is 0 Å². The van der Waals surface area contributed by atoms with Crippen molar-refractivity contribution in [2.24, 2.45) is 14.1 Å². The zero-order valence-corrected chi connectivity index (χ0v) is 13.6. The molecule has 0 atom stereocenters. The Bertz CT molecular complexity index is 635. The van der Waals surface area contributed by atoms with E-state index in [1.54, 1.807) is 29.6 Å². The third-order valence-electron chi connectivity index (χ3n) is 2.54. The van der Waals surface area contributed by atoms with Crippen LogP contribution in [0.1, 0.15) is 21.0 Å². The zero-order chi connectivity index (χ0) is 16.0. The summed E-state index contributed by atoms with van der Waals surface area (Å²) < 4.78 is 12.8. The zero-order valence-electron chi connectivity index (χ0n) is 12.0. The molecule has 21 heavy (non-hydrogen) atoms. The van der Waals surface area contributed by atoms with Crippen LogP contribution in [0.25, 0.3) is 0 Å². The van der Waals surface area contributed by atoms with Gasteiger partial charge in [0.15, 0.2) is 4.73 Å². The maximum Gasteiger partial charge on any atom is 0.356 e. The first-order valence-electron chi connectivity index (χ1n) is 5.72. The van der Waals surface area contributed by atoms with Crippen LogP contribution < -0.4 is 0 Å². The van der Waals surface area contributed by atoms with E-state index in [1.165, 1.54) is 26.6 Å². The van der Waals surface area contributed by atoms with E-state index < -0.39 is 0 Å². The Morgan fingerprint density at radius 1 is 1.10 bits per heavy atom. The number of carbonyl (C=O) groups excluding carboxylic acids is 2. The predicted molar refractivity (Wildman–Crippen MR) is 76.8 cm³/mol. The molecule has 8 nitrogen and oxygen atoms in total. The molecule has 0 radical (unpaired) electrons. The Balaban J connectivity index is 0.000000211. The van der Waals surface area contributed by atoms with Gasteiger partial charge in [-0.2, -0.15) is 0 Å². The van der Waals surface area contributed by atoms with Gasteiger partial charge < -0.3 is 18.6 Å². The number of nitrogens with zero attached hydrogens (tertiary/aromatic N) is 4. The lowest BCUT2D eigenvalue weighted by Gasteiger charge is -1.98. The molecule has 0 saturated heterocycles. The first-order valence-corrected chi connectivity index (χ1v) is 6.51. The van der Waals surface area contributed by atoms with E-state index in [9.17, 15) is 9.59 Å². The Hall–Kier alpha value is -2.16. The van der Waals surface area contributed by atoms with Gasteiger partial charge in [-0.3, -0.25) is 0 Å². The van der Waals surface area contributed by atoms with Gasteiger partial charge in [0, 0.05) is 14.1 Å². The van der Waals surface area contributed by atoms with E-state index in [2.05, 4.69) is 35.4 Å². The van der Waals surface area contributed by atoms with E-state index in [-0.39, 0.29) is 11.9 Å². The van der Waals surface area contributed by atoms with Crippen LogP contribution in [0.2, 0.25) is 0 Å². The number of rotatable bonds is 2. The molecule has 0 N–H and O–H groups in total. The van der Waals surface area contributed by atoms with Crippen LogP contribution in [0.3, 0.4) is 0 Å². The fraction of sp³-hybridized carbons (Fsp3) is 0.333. The highest BCUT2D eigenvalue weighted by molar-refractivity contribution is 9.10. The van der Waals surface area contributed by atoms with Crippen LogP contribution in [0.4, 0.5) is 0 Å². The Labute approximate surface area is 129 Å². The van der Waals surface area contributed by atoms with Crippen LogP contribution in [0, 0.1) is 0 Å². The quantitative estimate of drug-likeness (QED) is 0.748. The SMILES string of the molecule is COC(=O)c1cnc(Br)n1C.COC(=O)c1cncn1C. The first-order chi connectivity index (χ1) is 9.92.